The van der Waals surface area contributed by atoms with Crippen LogP contribution in [-0.2, 0) is 18.8 Å². The molecule has 0 radical (unpaired) electrons. The van der Waals surface area contributed by atoms with Crippen molar-refractivity contribution in [2.24, 2.45) is 0 Å². The van der Waals surface area contributed by atoms with Gasteiger partial charge in [-0.3, -0.25) is 0 Å². The van der Waals surface area contributed by atoms with Crippen LogP contribution in [0.3, 0.4) is 0 Å². The molecule has 0 aliphatic carbocycles. The molecule has 10 aliphatic heterocycles. The Morgan fingerprint density at radius 2 is 1.04 bits per heavy atom. The van der Waals surface area contributed by atoms with Gasteiger partial charge in [-0.2, -0.15) is 0 Å². The molecule has 10 fully saturated rings. The molecule has 10 aliphatic rings. The molecular weight excluding hydrogens is 375 g/mol. The summed E-state index contributed by atoms with van der Waals surface area (Å²) in [7, 11) is 0.169. The van der Waals surface area contributed by atoms with Gasteiger partial charge in [-0.05, 0) is 0 Å². The summed E-state index contributed by atoms with van der Waals surface area (Å²) >= 11 is 0. The summed E-state index contributed by atoms with van der Waals surface area (Å²) in [6.07, 6.45) is 2.91. The molecule has 0 N–H and O–H groups in total. The second kappa shape index (κ2) is 1.38. The monoisotopic (exact) mass is 398 g/mol. The minimum atomic E-state index is -2.99. The van der Waals surface area contributed by atoms with Gasteiger partial charge in [0.05, 0.1) is 0 Å². The first kappa shape index (κ1) is 11.4. The van der Waals surface area contributed by atoms with E-state index in [9.17, 15) is 0 Å². The second-order valence-electron chi connectivity index (χ2n) is 13.5. The summed E-state index contributed by atoms with van der Waals surface area (Å²) in [4.78, 5) is 13.2. The van der Waals surface area contributed by atoms with Gasteiger partial charge in [-0.25, -0.2) is 0 Å². The fraction of sp³-hybridized carbons (Fsp3) is 0.500. The number of rotatable bonds is 5. The number of hydrogen-bond donors (Lipinski definition) is 0. The predicted octanol–water partition coefficient (Wildman–Crippen LogP) is 7.17. The Kier molecular flexibility index (Phi) is 0.605. The van der Waals surface area contributed by atoms with Gasteiger partial charge in [0.25, 0.3) is 0 Å². The van der Waals surface area contributed by atoms with E-state index in [1.165, 1.54) is 55.7 Å². The van der Waals surface area contributed by atoms with Crippen LogP contribution >= 0.6 is 7.92 Å². The molecule has 0 saturated carbocycles. The molecule has 1 spiro atoms. The van der Waals surface area contributed by atoms with Crippen LogP contribution in [0.5, 0.6) is 0 Å². The minimum absolute atomic E-state index is 0.169. The SMILES string of the molecule is c1ccc(CP(Cc2ccccc2)[C]23[CH]4[CH]5[CH]6[CH]2[Fe]56432789[CH]3[CH]2[CH]7[CH]8[CH]39)cc1. The first-order chi connectivity index (χ1) is 12.6. The fourth-order valence-electron chi connectivity index (χ4n) is 18.8. The number of fused-ring (bicyclic) bond motifs is 10. The zero-order valence-corrected chi connectivity index (χ0v) is 16.7. The fourth-order valence-corrected chi connectivity index (χ4v) is 109. The van der Waals surface area contributed by atoms with E-state index in [4.69, 9.17) is 0 Å². The molecule has 26 heavy (non-hydrogen) atoms. The van der Waals surface area contributed by atoms with Gasteiger partial charge < -0.3 is 0 Å². The summed E-state index contributed by atoms with van der Waals surface area (Å²) in [5, 5.41) is 0. The quantitative estimate of drug-likeness (QED) is 0.370. The van der Waals surface area contributed by atoms with Crippen LogP contribution in [0.15, 0.2) is 60.7 Å². The van der Waals surface area contributed by atoms with Crippen LogP contribution in [0.2, 0.25) is 43.3 Å². The van der Waals surface area contributed by atoms with Crippen molar-refractivity contribution in [2.45, 2.75) is 59.7 Å². The Bertz CT molecular complexity index is 1340. The molecule has 2 heteroatoms. The summed E-state index contributed by atoms with van der Waals surface area (Å²) in [5.41, 5.74) is 3.32. The molecule has 0 nitrogen and oxygen atoms in total. The molecule has 4 unspecified atom stereocenters. The summed E-state index contributed by atoms with van der Waals surface area (Å²) < 4.78 is 1.08. The van der Waals surface area contributed by atoms with E-state index in [2.05, 4.69) is 60.7 Å². The zero-order valence-electron chi connectivity index (χ0n) is 14.7. The molecule has 10 saturated heterocycles. The van der Waals surface area contributed by atoms with Crippen LogP contribution in [-0.4, -0.2) is 4.05 Å². The van der Waals surface area contributed by atoms with Crippen molar-refractivity contribution in [1.29, 1.82) is 0 Å². The standard InChI is InChI=1S/C19H18P.C5H5.Fe/c1-3-9-17(10-4-1)15-20(19-13-7-8-14-19)16-18-11-5-2-6-12-18;1-2-4-5-3-1;/h1-14H,15-16H2;1-5H;. The maximum atomic E-state index is 2.44. The Balaban J connectivity index is 1.14. The van der Waals surface area contributed by atoms with E-state index in [-0.39, 0.29) is 7.92 Å². The molecule has 2 aromatic carbocycles. The maximum absolute atomic E-state index is 2.99. The zero-order chi connectivity index (χ0) is 16.2. The van der Waals surface area contributed by atoms with Gasteiger partial charge in [0, 0.05) is 0 Å². The average Bonchev–Trinajstić information content (AvgIpc) is 3.62. The van der Waals surface area contributed by atoms with E-state index in [0.29, 0.717) is 0 Å². The van der Waals surface area contributed by atoms with Crippen molar-refractivity contribution in [3.63, 3.8) is 0 Å². The number of benzene rings is 2. The molecule has 10 heterocycles. The van der Waals surface area contributed by atoms with Crippen LogP contribution in [0.4, 0.5) is 0 Å². The van der Waals surface area contributed by atoms with Crippen molar-refractivity contribution in [3.8, 4) is 0 Å². The second-order valence-corrected chi connectivity index (χ2v) is 39.9. The summed E-state index contributed by atoms with van der Waals surface area (Å²) in [5.74, 6) is 0. The Hall–Kier alpha value is -0.611. The summed E-state index contributed by atoms with van der Waals surface area (Å²) in [6, 6.07) is 23.3. The Labute approximate surface area is 145 Å². The van der Waals surface area contributed by atoms with Crippen molar-refractivity contribution >= 4 is 7.92 Å². The Morgan fingerprint density at radius 1 is 0.615 bits per heavy atom. The third-order valence-corrected chi connectivity index (χ3v) is 67.3. The Morgan fingerprint density at radius 3 is 1.35 bits per heavy atom. The third kappa shape index (κ3) is 0.200. The van der Waals surface area contributed by atoms with Gasteiger partial charge in [0.1, 0.15) is 0 Å². The van der Waals surface area contributed by atoms with Crippen LogP contribution in [0.25, 0.3) is 0 Å². The molecule has 0 bridgehead atoms. The van der Waals surface area contributed by atoms with Crippen molar-refractivity contribution < 1.29 is 6.51 Å². The van der Waals surface area contributed by atoms with E-state index >= 15 is 0 Å². The topological polar surface area (TPSA) is 0 Å². The third-order valence-electron chi connectivity index (χ3n) is 17.5. The van der Waals surface area contributed by atoms with Crippen LogP contribution in [0, 0.1) is 0 Å². The van der Waals surface area contributed by atoms with Crippen molar-refractivity contribution in [1.82, 2.24) is 0 Å². The molecule has 132 valence electrons. The molecule has 0 aromatic heterocycles. The first-order valence-corrected chi connectivity index (χ1v) is 18.6. The van der Waals surface area contributed by atoms with Gasteiger partial charge in [0.2, 0.25) is 0 Å². The predicted molar refractivity (Wildman–Crippen MR) is 104 cm³/mol. The van der Waals surface area contributed by atoms with Crippen molar-refractivity contribution in [2.75, 3.05) is 0 Å². The average molecular weight is 398 g/mol. The molecule has 12 rings (SSSR count). The molecule has 0 amide bonds. The van der Waals surface area contributed by atoms with Gasteiger partial charge in [-0.1, -0.05) is 0 Å². The van der Waals surface area contributed by atoms with E-state index in [1.54, 1.807) is 11.1 Å². The van der Waals surface area contributed by atoms with Crippen LogP contribution in [0.1, 0.15) is 11.1 Å². The van der Waals surface area contributed by atoms with E-state index in [0.717, 1.165) is 4.05 Å². The molecular formula is C24H23FeP. The van der Waals surface area contributed by atoms with Gasteiger partial charge >= 0.3 is 146 Å². The summed E-state index contributed by atoms with van der Waals surface area (Å²) in [6.45, 7) is -2.99. The first-order valence-electron chi connectivity index (χ1n) is 10.6. The van der Waals surface area contributed by atoms with Crippen LogP contribution < -0.4 is 0 Å². The van der Waals surface area contributed by atoms with Gasteiger partial charge in [0.15, 0.2) is 0 Å². The molecule has 2 aromatic rings. The van der Waals surface area contributed by atoms with Crippen molar-refractivity contribution in [3.05, 3.63) is 71.8 Å². The van der Waals surface area contributed by atoms with Gasteiger partial charge in [-0.15, -0.1) is 0 Å². The van der Waals surface area contributed by atoms with E-state index < -0.39 is 6.51 Å². The normalized spacial score (nSPS) is 82.0. The number of hydrogen-bond acceptors (Lipinski definition) is 0. The molecule has 4 atom stereocenters. The van der Waals surface area contributed by atoms with E-state index in [1.807, 2.05) is 0 Å².